The van der Waals surface area contributed by atoms with Crippen molar-refractivity contribution in [1.29, 1.82) is 5.26 Å². The van der Waals surface area contributed by atoms with Gasteiger partial charge in [-0.3, -0.25) is 4.79 Å². The Morgan fingerprint density at radius 3 is 2.49 bits per heavy atom. The Hall–Kier alpha value is -4.83. The number of carbonyl (C=O) groups excluding carboxylic acids is 1. The largest absolute Gasteiger partial charge is 0.322 e. The first kappa shape index (κ1) is 22.0. The van der Waals surface area contributed by atoms with Crippen molar-refractivity contribution in [1.82, 2.24) is 14.6 Å². The number of carbonyl (C=O) groups is 1. The first-order chi connectivity index (χ1) is 17.1. The van der Waals surface area contributed by atoms with E-state index in [4.69, 9.17) is 0 Å². The average Bonchev–Trinajstić information content (AvgIpc) is 3.26. The highest BCUT2D eigenvalue weighted by Crippen LogP contribution is 2.23. The van der Waals surface area contributed by atoms with Gasteiger partial charge in [-0.1, -0.05) is 48.5 Å². The van der Waals surface area contributed by atoms with Gasteiger partial charge in [0.05, 0.1) is 11.3 Å². The first-order valence-corrected chi connectivity index (χ1v) is 11.1. The Kier molecular flexibility index (Phi) is 6.01. The van der Waals surface area contributed by atoms with Gasteiger partial charge in [0.25, 0.3) is 0 Å². The summed E-state index contributed by atoms with van der Waals surface area (Å²) in [5, 5.41) is 16.9. The van der Waals surface area contributed by atoms with Crippen molar-refractivity contribution in [2.45, 2.75) is 12.8 Å². The number of fused-ring (bicyclic) bond motifs is 1. The molecule has 0 bridgehead atoms. The van der Waals surface area contributed by atoms with E-state index in [0.29, 0.717) is 28.4 Å². The van der Waals surface area contributed by atoms with Crippen molar-refractivity contribution in [3.63, 3.8) is 0 Å². The summed E-state index contributed by atoms with van der Waals surface area (Å²) in [4.78, 5) is 16.9. The highest BCUT2D eigenvalue weighted by molar-refractivity contribution is 5.83. The van der Waals surface area contributed by atoms with E-state index in [-0.39, 0.29) is 24.4 Å². The zero-order chi connectivity index (χ0) is 24.2. The molecule has 0 atom stereocenters. The smallest absolute Gasteiger partial charge is 0.247 e. The van der Waals surface area contributed by atoms with Gasteiger partial charge >= 0.3 is 0 Å². The number of nitrogens with one attached hydrogen (secondary N) is 1. The van der Waals surface area contributed by atoms with Gasteiger partial charge < -0.3 is 5.32 Å². The van der Waals surface area contributed by atoms with Crippen LogP contribution in [-0.2, 0) is 17.6 Å². The lowest BCUT2D eigenvalue weighted by Crippen LogP contribution is -2.06. The molecule has 0 aliphatic rings. The molecule has 0 saturated heterocycles. The van der Waals surface area contributed by atoms with Crippen LogP contribution in [0.5, 0.6) is 0 Å². The number of ketones is 1. The third-order valence-electron chi connectivity index (χ3n) is 5.60. The molecule has 170 valence electrons. The standard InChI is InChI=1S/C28H20FN5O/c29-24-6-3-4-20(14-24)16-25(35)15-19-8-10-21(11-9-19)23-12-13-27-32-28(33-34(27)18-23)31-26-7-2-1-5-22(26)17-30/h1-14,18H,15-16H2,(H,31,33). The van der Waals surface area contributed by atoms with E-state index in [1.807, 2.05) is 48.7 Å². The molecule has 1 N–H and O–H groups in total. The quantitative estimate of drug-likeness (QED) is 0.346. The minimum atomic E-state index is -0.334. The predicted molar refractivity (Wildman–Crippen MR) is 132 cm³/mol. The average molecular weight is 462 g/mol. The Balaban J connectivity index is 1.29. The van der Waals surface area contributed by atoms with Crippen molar-refractivity contribution < 1.29 is 9.18 Å². The Morgan fingerprint density at radius 2 is 1.69 bits per heavy atom. The lowest BCUT2D eigenvalue weighted by molar-refractivity contribution is -0.117. The summed E-state index contributed by atoms with van der Waals surface area (Å²) in [7, 11) is 0. The molecule has 6 nitrogen and oxygen atoms in total. The number of aromatic nitrogens is 3. The third-order valence-corrected chi connectivity index (χ3v) is 5.60. The van der Waals surface area contributed by atoms with Crippen LogP contribution in [0.25, 0.3) is 16.8 Å². The Labute approximate surface area is 201 Å². The Bertz CT molecular complexity index is 1570. The van der Waals surface area contributed by atoms with Crippen molar-refractivity contribution in [3.05, 3.63) is 114 Å². The second-order valence-corrected chi connectivity index (χ2v) is 8.16. The summed E-state index contributed by atoms with van der Waals surface area (Å²) in [5.74, 6) is 0.0984. The number of benzene rings is 3. The molecule has 0 saturated carbocycles. The molecule has 5 rings (SSSR count). The molecule has 3 aromatic carbocycles. The molecule has 0 aliphatic carbocycles. The van der Waals surface area contributed by atoms with Crippen LogP contribution in [0.1, 0.15) is 16.7 Å². The van der Waals surface area contributed by atoms with Gasteiger partial charge in [-0.25, -0.2) is 8.91 Å². The van der Waals surface area contributed by atoms with Crippen molar-refractivity contribution in [3.8, 4) is 17.2 Å². The van der Waals surface area contributed by atoms with Gasteiger partial charge in [-0.05, 0) is 53.1 Å². The number of halogens is 1. The zero-order valence-corrected chi connectivity index (χ0v) is 18.6. The van der Waals surface area contributed by atoms with E-state index in [2.05, 4.69) is 21.5 Å². The molecular weight excluding hydrogens is 441 g/mol. The van der Waals surface area contributed by atoms with E-state index in [9.17, 15) is 14.4 Å². The van der Waals surface area contributed by atoms with Crippen molar-refractivity contribution in [2.24, 2.45) is 0 Å². The summed E-state index contributed by atoms with van der Waals surface area (Å²) >= 11 is 0. The molecule has 0 radical (unpaired) electrons. The molecule has 0 amide bonds. The van der Waals surface area contributed by atoms with Crippen LogP contribution in [0, 0.1) is 17.1 Å². The van der Waals surface area contributed by atoms with Gasteiger partial charge in [0.15, 0.2) is 5.65 Å². The summed E-state index contributed by atoms with van der Waals surface area (Å²) in [6.45, 7) is 0. The summed E-state index contributed by atoms with van der Waals surface area (Å²) in [6.07, 6.45) is 2.38. The minimum Gasteiger partial charge on any atom is -0.322 e. The SMILES string of the molecule is N#Cc1ccccc1Nc1nc2ccc(-c3ccc(CC(=O)Cc4cccc(F)c4)cc3)cn2n1. The Morgan fingerprint density at radius 1 is 0.914 bits per heavy atom. The van der Waals surface area contributed by atoms with E-state index < -0.39 is 0 Å². The molecular formula is C28H20FN5O. The molecule has 7 heteroatoms. The van der Waals surface area contributed by atoms with Crippen LogP contribution in [0.4, 0.5) is 16.0 Å². The van der Waals surface area contributed by atoms with Crippen LogP contribution in [-0.4, -0.2) is 20.4 Å². The molecule has 5 aromatic rings. The molecule has 0 unspecified atom stereocenters. The maximum atomic E-state index is 13.3. The molecule has 0 fully saturated rings. The van der Waals surface area contributed by atoms with Gasteiger partial charge in [-0.2, -0.15) is 10.2 Å². The lowest BCUT2D eigenvalue weighted by atomic mass is 10.00. The minimum absolute atomic E-state index is 0.0328. The van der Waals surface area contributed by atoms with Crippen molar-refractivity contribution in [2.75, 3.05) is 5.32 Å². The van der Waals surface area contributed by atoms with E-state index >= 15 is 0 Å². The fourth-order valence-electron chi connectivity index (χ4n) is 3.90. The topological polar surface area (TPSA) is 83.1 Å². The molecule has 35 heavy (non-hydrogen) atoms. The predicted octanol–water partition coefficient (Wildman–Crippen LogP) is 5.50. The second-order valence-electron chi connectivity index (χ2n) is 8.16. The van der Waals surface area contributed by atoms with Crippen LogP contribution < -0.4 is 5.32 Å². The fourth-order valence-corrected chi connectivity index (χ4v) is 3.90. The van der Waals surface area contributed by atoms with Crippen LogP contribution in [0.15, 0.2) is 91.1 Å². The van der Waals surface area contributed by atoms with E-state index in [1.54, 1.807) is 34.8 Å². The number of nitriles is 1. The molecule has 0 spiro atoms. The maximum Gasteiger partial charge on any atom is 0.247 e. The van der Waals surface area contributed by atoms with Gasteiger partial charge in [0.2, 0.25) is 5.95 Å². The first-order valence-electron chi connectivity index (χ1n) is 11.1. The number of hydrogen-bond acceptors (Lipinski definition) is 5. The zero-order valence-electron chi connectivity index (χ0n) is 18.6. The highest BCUT2D eigenvalue weighted by atomic mass is 19.1. The van der Waals surface area contributed by atoms with E-state index in [1.165, 1.54) is 12.1 Å². The number of nitrogens with zero attached hydrogens (tertiary/aromatic N) is 4. The fraction of sp³-hybridized carbons (Fsp3) is 0.0714. The van der Waals surface area contributed by atoms with Crippen LogP contribution >= 0.6 is 0 Å². The number of rotatable bonds is 7. The number of pyridine rings is 1. The van der Waals surface area contributed by atoms with Crippen LogP contribution in [0.2, 0.25) is 0 Å². The molecule has 2 heterocycles. The summed E-state index contributed by atoms with van der Waals surface area (Å²) in [6, 6.07) is 27.1. The van der Waals surface area contributed by atoms with E-state index in [0.717, 1.165) is 16.7 Å². The monoisotopic (exact) mass is 461 g/mol. The summed E-state index contributed by atoms with van der Waals surface area (Å²) < 4.78 is 15.0. The maximum absolute atomic E-state index is 13.3. The summed E-state index contributed by atoms with van der Waals surface area (Å²) in [5.41, 5.74) is 5.34. The molecule has 2 aromatic heterocycles. The highest BCUT2D eigenvalue weighted by Gasteiger charge is 2.10. The lowest BCUT2D eigenvalue weighted by Gasteiger charge is -2.05. The number of Topliss-reactive ketones (excluding diaryl/α,β-unsaturated/α-hetero) is 1. The number of anilines is 2. The third kappa shape index (κ3) is 5.07. The van der Waals surface area contributed by atoms with Gasteiger partial charge in [0.1, 0.15) is 17.7 Å². The molecule has 0 aliphatic heterocycles. The van der Waals surface area contributed by atoms with Crippen LogP contribution in [0.3, 0.4) is 0 Å². The number of para-hydroxylation sites is 1. The second kappa shape index (κ2) is 9.57. The number of hydrogen-bond donors (Lipinski definition) is 1. The van der Waals surface area contributed by atoms with Gasteiger partial charge in [-0.15, -0.1) is 5.10 Å². The van der Waals surface area contributed by atoms with Crippen molar-refractivity contribution >= 4 is 23.1 Å². The normalized spacial score (nSPS) is 10.7. The van der Waals surface area contributed by atoms with Gasteiger partial charge in [0, 0.05) is 24.6 Å².